The number of aryl methyl sites for hydroxylation is 2. The number of ether oxygens (including phenoxy) is 2. The van der Waals surface area contributed by atoms with Gasteiger partial charge in [-0.15, -0.1) is 0 Å². The molecule has 2 aromatic carbocycles. The molecule has 172 valence electrons. The molecule has 6 heteroatoms. The SMILES string of the molecule is CCOC(=O)C1CCCN(CCOC=C(c2ccc(F)cc2C)c2ccc(F)cc2C)C1. The Morgan fingerprint density at radius 2 is 1.72 bits per heavy atom. The largest absolute Gasteiger partial charge is 0.499 e. The highest BCUT2D eigenvalue weighted by atomic mass is 19.1. The highest BCUT2D eigenvalue weighted by molar-refractivity contribution is 5.82. The summed E-state index contributed by atoms with van der Waals surface area (Å²) in [6.07, 6.45) is 3.48. The van der Waals surface area contributed by atoms with Crippen LogP contribution in [0.25, 0.3) is 5.57 Å². The fourth-order valence-electron chi connectivity index (χ4n) is 4.17. The standard InChI is InChI=1S/C26H31F2NO3/c1-4-32-26(30)20-6-5-11-29(16-20)12-13-31-17-25(23-9-7-21(27)14-18(23)2)24-10-8-22(28)15-19(24)3/h7-10,14-15,17,20H,4-6,11-13,16H2,1-3H3. The predicted octanol–water partition coefficient (Wildman–Crippen LogP) is 5.26. The zero-order valence-corrected chi connectivity index (χ0v) is 19.0. The molecule has 32 heavy (non-hydrogen) atoms. The van der Waals surface area contributed by atoms with Gasteiger partial charge in [-0.2, -0.15) is 0 Å². The Morgan fingerprint density at radius 3 is 2.28 bits per heavy atom. The van der Waals surface area contributed by atoms with Crippen LogP contribution in [0.5, 0.6) is 0 Å². The Bertz CT molecular complexity index is 920. The molecule has 0 aromatic heterocycles. The number of likely N-dealkylation sites (tertiary alicyclic amines) is 1. The van der Waals surface area contributed by atoms with E-state index in [0.717, 1.165) is 47.2 Å². The molecular formula is C26H31F2NO3. The number of carbonyl (C=O) groups is 1. The zero-order valence-electron chi connectivity index (χ0n) is 19.0. The van der Waals surface area contributed by atoms with Gasteiger partial charge in [-0.3, -0.25) is 9.69 Å². The second-order valence-corrected chi connectivity index (χ2v) is 8.21. The molecular weight excluding hydrogens is 412 g/mol. The van der Waals surface area contributed by atoms with Crippen LogP contribution >= 0.6 is 0 Å². The van der Waals surface area contributed by atoms with Crippen molar-refractivity contribution in [2.24, 2.45) is 5.92 Å². The van der Waals surface area contributed by atoms with E-state index in [0.29, 0.717) is 26.3 Å². The van der Waals surface area contributed by atoms with E-state index in [1.165, 1.54) is 24.3 Å². The molecule has 1 aliphatic rings. The van der Waals surface area contributed by atoms with Crippen LogP contribution in [0.15, 0.2) is 42.7 Å². The second kappa shape index (κ2) is 11.2. The maximum Gasteiger partial charge on any atom is 0.310 e. The van der Waals surface area contributed by atoms with E-state index in [4.69, 9.17) is 9.47 Å². The van der Waals surface area contributed by atoms with Crippen molar-refractivity contribution in [1.82, 2.24) is 4.90 Å². The topological polar surface area (TPSA) is 38.8 Å². The fraction of sp³-hybridized carbons (Fsp3) is 0.423. The molecule has 0 saturated carbocycles. The summed E-state index contributed by atoms with van der Waals surface area (Å²) >= 11 is 0. The molecule has 1 unspecified atom stereocenters. The van der Waals surface area contributed by atoms with Crippen LogP contribution < -0.4 is 0 Å². The smallest absolute Gasteiger partial charge is 0.310 e. The number of rotatable bonds is 8. The summed E-state index contributed by atoms with van der Waals surface area (Å²) in [5.41, 5.74) is 4.00. The summed E-state index contributed by atoms with van der Waals surface area (Å²) in [5.74, 6) is -0.815. The van der Waals surface area contributed by atoms with Crippen molar-refractivity contribution in [3.8, 4) is 0 Å². The third-order valence-corrected chi connectivity index (χ3v) is 5.81. The van der Waals surface area contributed by atoms with E-state index >= 15 is 0 Å². The molecule has 1 aliphatic heterocycles. The summed E-state index contributed by atoms with van der Waals surface area (Å²) in [4.78, 5) is 14.3. The summed E-state index contributed by atoms with van der Waals surface area (Å²) < 4.78 is 38.4. The minimum atomic E-state index is -0.302. The second-order valence-electron chi connectivity index (χ2n) is 8.21. The van der Waals surface area contributed by atoms with Gasteiger partial charge in [0.25, 0.3) is 0 Å². The lowest BCUT2D eigenvalue weighted by Crippen LogP contribution is -2.40. The maximum atomic E-state index is 13.7. The van der Waals surface area contributed by atoms with Crippen molar-refractivity contribution in [2.75, 3.05) is 32.8 Å². The quantitative estimate of drug-likeness (QED) is 0.317. The van der Waals surface area contributed by atoms with Gasteiger partial charge in [0.15, 0.2) is 0 Å². The van der Waals surface area contributed by atoms with Gasteiger partial charge in [0, 0.05) is 18.7 Å². The van der Waals surface area contributed by atoms with Crippen molar-refractivity contribution in [2.45, 2.75) is 33.6 Å². The fourth-order valence-corrected chi connectivity index (χ4v) is 4.17. The van der Waals surface area contributed by atoms with Gasteiger partial charge in [0.05, 0.1) is 18.8 Å². The van der Waals surface area contributed by atoms with Crippen molar-refractivity contribution in [3.05, 3.63) is 76.5 Å². The van der Waals surface area contributed by atoms with Gasteiger partial charge in [-0.05, 0) is 86.7 Å². The van der Waals surface area contributed by atoms with Gasteiger partial charge in [-0.25, -0.2) is 8.78 Å². The van der Waals surface area contributed by atoms with Crippen molar-refractivity contribution >= 4 is 11.5 Å². The number of benzene rings is 2. The van der Waals surface area contributed by atoms with Crippen molar-refractivity contribution < 1.29 is 23.0 Å². The lowest BCUT2D eigenvalue weighted by molar-refractivity contribution is -0.150. The predicted molar refractivity (Wildman–Crippen MR) is 121 cm³/mol. The molecule has 4 nitrogen and oxygen atoms in total. The molecule has 0 spiro atoms. The maximum absolute atomic E-state index is 13.7. The Hall–Kier alpha value is -2.73. The number of nitrogens with zero attached hydrogens (tertiary/aromatic N) is 1. The first-order valence-electron chi connectivity index (χ1n) is 11.1. The number of carbonyl (C=O) groups excluding carboxylic acids is 1. The highest BCUT2D eigenvalue weighted by Gasteiger charge is 2.26. The Balaban J connectivity index is 1.72. The Labute approximate surface area is 188 Å². The monoisotopic (exact) mass is 443 g/mol. The van der Waals surface area contributed by atoms with E-state index in [2.05, 4.69) is 4.90 Å². The van der Waals surface area contributed by atoms with E-state index in [9.17, 15) is 13.6 Å². The molecule has 1 saturated heterocycles. The van der Waals surface area contributed by atoms with Crippen LogP contribution in [0, 0.1) is 31.4 Å². The average molecular weight is 444 g/mol. The van der Waals surface area contributed by atoms with Crippen LogP contribution in [0.3, 0.4) is 0 Å². The summed E-state index contributed by atoms with van der Waals surface area (Å²) in [7, 11) is 0. The van der Waals surface area contributed by atoms with Crippen LogP contribution in [0.1, 0.15) is 42.0 Å². The molecule has 0 amide bonds. The van der Waals surface area contributed by atoms with Gasteiger partial charge in [0.2, 0.25) is 0 Å². The van der Waals surface area contributed by atoms with Crippen molar-refractivity contribution in [3.63, 3.8) is 0 Å². The molecule has 3 rings (SSSR count). The molecule has 1 fully saturated rings. The van der Waals surface area contributed by atoms with Gasteiger partial charge < -0.3 is 9.47 Å². The van der Waals surface area contributed by atoms with Gasteiger partial charge in [0.1, 0.15) is 18.2 Å². The first-order chi connectivity index (χ1) is 15.4. The average Bonchev–Trinajstić information content (AvgIpc) is 2.75. The molecule has 0 radical (unpaired) electrons. The minimum absolute atomic E-state index is 0.0847. The number of halogens is 2. The van der Waals surface area contributed by atoms with Crippen LogP contribution in [-0.2, 0) is 14.3 Å². The molecule has 0 bridgehead atoms. The normalized spacial score (nSPS) is 16.5. The lowest BCUT2D eigenvalue weighted by atomic mass is 9.92. The third-order valence-electron chi connectivity index (χ3n) is 5.81. The van der Waals surface area contributed by atoms with E-state index < -0.39 is 0 Å². The summed E-state index contributed by atoms with van der Waals surface area (Å²) in [6.45, 7) is 8.63. The first-order valence-corrected chi connectivity index (χ1v) is 11.1. The number of esters is 1. The lowest BCUT2D eigenvalue weighted by Gasteiger charge is -2.31. The van der Waals surface area contributed by atoms with E-state index in [1.807, 2.05) is 20.8 Å². The Morgan fingerprint density at radius 1 is 1.09 bits per heavy atom. The number of hydrogen-bond donors (Lipinski definition) is 0. The summed E-state index contributed by atoms with van der Waals surface area (Å²) in [6, 6.07) is 9.22. The third kappa shape index (κ3) is 6.16. The minimum Gasteiger partial charge on any atom is -0.499 e. The van der Waals surface area contributed by atoms with E-state index in [-0.39, 0.29) is 23.5 Å². The zero-order chi connectivity index (χ0) is 23.1. The van der Waals surface area contributed by atoms with Crippen LogP contribution in [0.2, 0.25) is 0 Å². The number of piperidine rings is 1. The molecule has 1 atom stereocenters. The van der Waals surface area contributed by atoms with E-state index in [1.54, 1.807) is 18.4 Å². The number of hydrogen-bond acceptors (Lipinski definition) is 4. The molecule has 1 heterocycles. The van der Waals surface area contributed by atoms with Gasteiger partial charge >= 0.3 is 5.97 Å². The van der Waals surface area contributed by atoms with Gasteiger partial charge in [-0.1, -0.05) is 12.1 Å². The summed E-state index contributed by atoms with van der Waals surface area (Å²) in [5, 5.41) is 0. The highest BCUT2D eigenvalue weighted by Crippen LogP contribution is 2.29. The molecule has 0 N–H and O–H groups in total. The van der Waals surface area contributed by atoms with Crippen LogP contribution in [0.4, 0.5) is 8.78 Å². The van der Waals surface area contributed by atoms with Crippen LogP contribution in [-0.4, -0.2) is 43.7 Å². The Kier molecular flexibility index (Phi) is 8.39. The van der Waals surface area contributed by atoms with Crippen molar-refractivity contribution in [1.29, 1.82) is 0 Å². The molecule has 2 aromatic rings. The molecule has 0 aliphatic carbocycles. The first kappa shape index (κ1) is 23.9.